The summed E-state index contributed by atoms with van der Waals surface area (Å²) in [5, 5.41) is 4.18. The molecule has 1 saturated heterocycles. The van der Waals surface area contributed by atoms with Crippen molar-refractivity contribution in [3.63, 3.8) is 0 Å². The Morgan fingerprint density at radius 3 is 2.58 bits per heavy atom. The third-order valence-electron chi connectivity index (χ3n) is 4.14. The average molecular weight is 326 g/mol. The number of aromatic nitrogens is 2. The second-order valence-corrected chi connectivity index (χ2v) is 5.84. The molecule has 0 saturated carbocycles. The van der Waals surface area contributed by atoms with Gasteiger partial charge in [-0.3, -0.25) is 14.4 Å². The van der Waals surface area contributed by atoms with Gasteiger partial charge in [0.05, 0.1) is 12.5 Å². The summed E-state index contributed by atoms with van der Waals surface area (Å²) in [6.07, 6.45) is 0.560. The highest BCUT2D eigenvalue weighted by Gasteiger charge is 2.30. The Hall–Kier alpha value is -2.96. The highest BCUT2D eigenvalue weighted by molar-refractivity contribution is 5.93. The quantitative estimate of drug-likeness (QED) is 0.870. The summed E-state index contributed by atoms with van der Waals surface area (Å²) < 4.78 is 1.27. The summed E-state index contributed by atoms with van der Waals surface area (Å²) in [6, 6.07) is 12.2. The number of likely N-dealkylation sites (tertiary alicyclic amines) is 1. The normalized spacial score (nSPS) is 17.0. The van der Waals surface area contributed by atoms with Crippen molar-refractivity contribution in [2.75, 3.05) is 13.1 Å². The Balaban J connectivity index is 1.79. The number of nitrogens with zero attached hydrogens (tertiary/aromatic N) is 3. The van der Waals surface area contributed by atoms with Crippen LogP contribution in [-0.4, -0.2) is 39.6 Å². The van der Waals surface area contributed by atoms with Crippen LogP contribution in [0, 0.1) is 5.92 Å². The van der Waals surface area contributed by atoms with Gasteiger partial charge in [0.2, 0.25) is 5.91 Å². The second kappa shape index (κ2) is 6.66. The predicted octanol–water partition coefficient (Wildman–Crippen LogP) is 0.239. The number of carbonyl (C=O) groups is 2. The van der Waals surface area contributed by atoms with Crippen LogP contribution in [0.15, 0.2) is 47.3 Å². The minimum atomic E-state index is -0.396. The summed E-state index contributed by atoms with van der Waals surface area (Å²) in [5.74, 6) is -1.00. The minimum Gasteiger partial charge on any atom is -0.369 e. The first-order chi connectivity index (χ1) is 11.5. The Bertz CT molecular complexity index is 816. The van der Waals surface area contributed by atoms with Crippen LogP contribution in [0.4, 0.5) is 0 Å². The highest BCUT2D eigenvalue weighted by atomic mass is 16.2. The first-order valence-corrected chi connectivity index (χ1v) is 7.75. The first-order valence-electron chi connectivity index (χ1n) is 7.75. The molecule has 1 aliphatic heterocycles. The monoisotopic (exact) mass is 326 g/mol. The van der Waals surface area contributed by atoms with E-state index in [2.05, 4.69) is 5.10 Å². The van der Waals surface area contributed by atoms with Gasteiger partial charge in [-0.15, -0.1) is 0 Å². The maximum absolute atomic E-state index is 12.5. The summed E-state index contributed by atoms with van der Waals surface area (Å²) in [5.41, 5.74) is 6.13. The lowest BCUT2D eigenvalue weighted by atomic mass is 10.1. The fraction of sp³-hybridized carbons (Fsp3) is 0.294. The van der Waals surface area contributed by atoms with Gasteiger partial charge >= 0.3 is 0 Å². The molecule has 2 aromatic rings. The summed E-state index contributed by atoms with van der Waals surface area (Å²) in [6.45, 7) is 1.06. The molecular weight excluding hydrogens is 308 g/mol. The molecule has 3 rings (SSSR count). The maximum Gasteiger partial charge on any atom is 0.274 e. The summed E-state index contributed by atoms with van der Waals surface area (Å²) in [7, 11) is 0. The summed E-state index contributed by atoms with van der Waals surface area (Å²) >= 11 is 0. The molecule has 1 atom stereocenters. The summed E-state index contributed by atoms with van der Waals surface area (Å²) in [4.78, 5) is 37.3. The van der Waals surface area contributed by atoms with E-state index in [-0.39, 0.29) is 23.1 Å². The molecule has 7 heteroatoms. The van der Waals surface area contributed by atoms with Crippen molar-refractivity contribution in [2.45, 2.75) is 13.0 Å². The topological polar surface area (TPSA) is 98.3 Å². The molecule has 2 N–H and O–H groups in total. The van der Waals surface area contributed by atoms with Crippen LogP contribution in [0.1, 0.15) is 22.5 Å². The second-order valence-electron chi connectivity index (χ2n) is 5.84. The van der Waals surface area contributed by atoms with Crippen LogP contribution in [0.5, 0.6) is 0 Å². The van der Waals surface area contributed by atoms with Crippen LogP contribution in [0.3, 0.4) is 0 Å². The Kier molecular flexibility index (Phi) is 4.41. The van der Waals surface area contributed by atoms with Crippen molar-refractivity contribution in [1.82, 2.24) is 14.7 Å². The SMILES string of the molecule is NC(=O)C1CCN(C(=O)c2ccc(=O)n(Cc3ccccc3)n2)C1. The highest BCUT2D eigenvalue weighted by Crippen LogP contribution is 2.17. The van der Waals surface area contributed by atoms with E-state index in [1.54, 1.807) is 4.90 Å². The van der Waals surface area contributed by atoms with Gasteiger partial charge in [-0.05, 0) is 18.1 Å². The van der Waals surface area contributed by atoms with E-state index in [4.69, 9.17) is 5.73 Å². The van der Waals surface area contributed by atoms with Crippen molar-refractivity contribution >= 4 is 11.8 Å². The Morgan fingerprint density at radius 1 is 1.17 bits per heavy atom. The number of rotatable bonds is 4. The Labute approximate surface area is 138 Å². The first kappa shape index (κ1) is 15.9. The fourth-order valence-electron chi connectivity index (χ4n) is 2.77. The molecular formula is C17H18N4O3. The number of nitrogens with two attached hydrogens (primary N) is 1. The number of hydrogen-bond donors (Lipinski definition) is 1. The smallest absolute Gasteiger partial charge is 0.274 e. The van der Waals surface area contributed by atoms with Crippen LogP contribution in [0.2, 0.25) is 0 Å². The van der Waals surface area contributed by atoms with E-state index in [1.807, 2.05) is 30.3 Å². The van der Waals surface area contributed by atoms with Gasteiger partial charge in [0.25, 0.3) is 11.5 Å². The van der Waals surface area contributed by atoms with Gasteiger partial charge in [0.15, 0.2) is 0 Å². The van der Waals surface area contributed by atoms with Crippen molar-refractivity contribution in [3.8, 4) is 0 Å². The molecule has 1 fully saturated rings. The minimum absolute atomic E-state index is 0.190. The molecule has 24 heavy (non-hydrogen) atoms. The maximum atomic E-state index is 12.5. The van der Waals surface area contributed by atoms with Crippen LogP contribution < -0.4 is 11.3 Å². The molecule has 1 unspecified atom stereocenters. The average Bonchev–Trinajstić information content (AvgIpc) is 3.07. The molecule has 2 amide bonds. The molecule has 1 aliphatic rings. The molecule has 0 bridgehead atoms. The van der Waals surface area contributed by atoms with Crippen molar-refractivity contribution < 1.29 is 9.59 Å². The molecule has 0 radical (unpaired) electrons. The van der Waals surface area contributed by atoms with Gasteiger partial charge in [0, 0.05) is 19.2 Å². The molecule has 2 heterocycles. The van der Waals surface area contributed by atoms with E-state index in [0.29, 0.717) is 26.1 Å². The standard InChI is InChI=1S/C17H18N4O3/c18-16(23)13-8-9-20(11-13)17(24)14-6-7-15(22)21(19-14)10-12-4-2-1-3-5-12/h1-7,13H,8-11H2,(H2,18,23). The van der Waals surface area contributed by atoms with Crippen LogP contribution in [0.25, 0.3) is 0 Å². The zero-order valence-electron chi connectivity index (χ0n) is 13.1. The molecule has 7 nitrogen and oxygen atoms in total. The van der Waals surface area contributed by atoms with E-state index < -0.39 is 5.91 Å². The number of benzene rings is 1. The van der Waals surface area contributed by atoms with Crippen LogP contribution >= 0.6 is 0 Å². The van der Waals surface area contributed by atoms with Gasteiger partial charge in [0.1, 0.15) is 5.69 Å². The predicted molar refractivity (Wildman–Crippen MR) is 87.2 cm³/mol. The molecule has 124 valence electrons. The van der Waals surface area contributed by atoms with E-state index >= 15 is 0 Å². The molecule has 1 aromatic carbocycles. The largest absolute Gasteiger partial charge is 0.369 e. The Morgan fingerprint density at radius 2 is 1.92 bits per heavy atom. The van der Waals surface area contributed by atoms with E-state index in [1.165, 1.54) is 16.8 Å². The molecule has 1 aromatic heterocycles. The molecule has 0 spiro atoms. The van der Waals surface area contributed by atoms with Gasteiger partial charge < -0.3 is 10.6 Å². The van der Waals surface area contributed by atoms with Gasteiger partial charge in [-0.25, -0.2) is 4.68 Å². The van der Waals surface area contributed by atoms with Gasteiger partial charge in [-0.2, -0.15) is 5.10 Å². The fourth-order valence-corrected chi connectivity index (χ4v) is 2.77. The lowest BCUT2D eigenvalue weighted by Crippen LogP contribution is -2.34. The van der Waals surface area contributed by atoms with Crippen LogP contribution in [-0.2, 0) is 11.3 Å². The van der Waals surface area contributed by atoms with Crippen molar-refractivity contribution in [1.29, 1.82) is 0 Å². The number of primary amides is 1. The third-order valence-corrected chi connectivity index (χ3v) is 4.14. The van der Waals surface area contributed by atoms with E-state index in [0.717, 1.165) is 5.56 Å². The lowest BCUT2D eigenvalue weighted by molar-refractivity contribution is -0.121. The lowest BCUT2D eigenvalue weighted by Gasteiger charge is -2.16. The zero-order valence-corrected chi connectivity index (χ0v) is 13.1. The number of amides is 2. The van der Waals surface area contributed by atoms with Crippen molar-refractivity contribution in [2.24, 2.45) is 11.7 Å². The van der Waals surface area contributed by atoms with E-state index in [9.17, 15) is 14.4 Å². The van der Waals surface area contributed by atoms with Gasteiger partial charge in [-0.1, -0.05) is 30.3 Å². The number of carbonyl (C=O) groups excluding carboxylic acids is 2. The number of hydrogen-bond acceptors (Lipinski definition) is 4. The zero-order chi connectivity index (χ0) is 17.1. The van der Waals surface area contributed by atoms with Crippen molar-refractivity contribution in [3.05, 3.63) is 64.1 Å². The third kappa shape index (κ3) is 3.34. The molecule has 0 aliphatic carbocycles.